The van der Waals surface area contributed by atoms with Crippen LogP contribution in [0, 0.1) is 0 Å². The highest BCUT2D eigenvalue weighted by Gasteiger charge is 2.43. The lowest BCUT2D eigenvalue weighted by Gasteiger charge is -2.16. The summed E-state index contributed by atoms with van der Waals surface area (Å²) in [6, 6.07) is 0. The summed E-state index contributed by atoms with van der Waals surface area (Å²) in [5, 5.41) is 9.02. The SMILES string of the molecule is O=C(c1nc(CO)n2c1CCCC2)C(F)(F)F. The molecule has 1 aromatic heterocycles. The van der Waals surface area contributed by atoms with Crippen LogP contribution in [0.1, 0.15) is 34.8 Å². The maximum absolute atomic E-state index is 12.4. The first kappa shape index (κ1) is 12.1. The predicted molar refractivity (Wildman–Crippen MR) is 51.5 cm³/mol. The number of aliphatic hydroxyl groups is 1. The zero-order valence-corrected chi connectivity index (χ0v) is 8.92. The van der Waals surface area contributed by atoms with E-state index in [1.165, 1.54) is 4.57 Å². The van der Waals surface area contributed by atoms with Gasteiger partial charge in [0.05, 0.1) is 0 Å². The van der Waals surface area contributed by atoms with Gasteiger partial charge < -0.3 is 9.67 Å². The molecule has 0 saturated carbocycles. The number of hydrogen-bond acceptors (Lipinski definition) is 3. The molecule has 4 nitrogen and oxygen atoms in total. The van der Waals surface area contributed by atoms with E-state index < -0.39 is 24.3 Å². The third-order valence-corrected chi connectivity index (χ3v) is 2.81. The molecule has 0 spiro atoms. The summed E-state index contributed by atoms with van der Waals surface area (Å²) in [4.78, 5) is 14.8. The maximum atomic E-state index is 12.4. The second kappa shape index (κ2) is 4.14. The van der Waals surface area contributed by atoms with E-state index in [9.17, 15) is 18.0 Å². The predicted octanol–water partition coefficient (Wildman–Crippen LogP) is 1.46. The number of nitrogens with zero attached hydrogens (tertiary/aromatic N) is 2. The first-order chi connectivity index (χ1) is 7.95. The van der Waals surface area contributed by atoms with Gasteiger partial charge in [-0.15, -0.1) is 0 Å². The van der Waals surface area contributed by atoms with E-state index in [-0.39, 0.29) is 5.82 Å². The van der Waals surface area contributed by atoms with Crippen LogP contribution < -0.4 is 0 Å². The zero-order valence-electron chi connectivity index (χ0n) is 8.92. The topological polar surface area (TPSA) is 55.1 Å². The van der Waals surface area contributed by atoms with E-state index in [0.29, 0.717) is 18.7 Å². The molecule has 0 bridgehead atoms. The molecule has 94 valence electrons. The highest BCUT2D eigenvalue weighted by molar-refractivity contribution is 5.99. The fourth-order valence-electron chi connectivity index (χ4n) is 2.05. The second-order valence-electron chi connectivity index (χ2n) is 3.92. The average Bonchev–Trinajstić information content (AvgIpc) is 2.65. The Kier molecular flexibility index (Phi) is 2.94. The minimum absolute atomic E-state index is 0.132. The molecule has 1 aliphatic heterocycles. The number of aromatic nitrogens is 2. The van der Waals surface area contributed by atoms with Crippen molar-refractivity contribution in [1.82, 2.24) is 9.55 Å². The van der Waals surface area contributed by atoms with Crippen LogP contribution in [0.2, 0.25) is 0 Å². The lowest BCUT2D eigenvalue weighted by Crippen LogP contribution is -2.25. The Morgan fingerprint density at radius 2 is 2.12 bits per heavy atom. The van der Waals surface area contributed by atoms with Crippen LogP contribution in [0.15, 0.2) is 0 Å². The summed E-state index contributed by atoms with van der Waals surface area (Å²) in [5.41, 5.74) is -0.260. The fourth-order valence-corrected chi connectivity index (χ4v) is 2.05. The van der Waals surface area contributed by atoms with Crippen molar-refractivity contribution in [1.29, 1.82) is 0 Å². The number of halogens is 3. The molecule has 0 aliphatic carbocycles. The van der Waals surface area contributed by atoms with Crippen molar-refractivity contribution in [2.45, 2.75) is 38.6 Å². The number of ketones is 1. The van der Waals surface area contributed by atoms with Crippen molar-refractivity contribution in [2.75, 3.05) is 0 Å². The molecule has 17 heavy (non-hydrogen) atoms. The van der Waals surface area contributed by atoms with Crippen LogP contribution in [0.5, 0.6) is 0 Å². The first-order valence-electron chi connectivity index (χ1n) is 5.26. The molecule has 0 fully saturated rings. The Morgan fingerprint density at radius 3 is 2.71 bits per heavy atom. The van der Waals surface area contributed by atoms with Crippen molar-refractivity contribution in [3.05, 3.63) is 17.2 Å². The molecule has 1 N–H and O–H groups in total. The summed E-state index contributed by atoms with van der Waals surface area (Å²) >= 11 is 0. The number of carbonyl (C=O) groups excluding carboxylic acids is 1. The molecule has 2 rings (SSSR count). The minimum Gasteiger partial charge on any atom is -0.388 e. The monoisotopic (exact) mass is 248 g/mol. The summed E-state index contributed by atoms with van der Waals surface area (Å²) in [7, 11) is 0. The molecule has 0 aromatic carbocycles. The lowest BCUT2D eigenvalue weighted by atomic mass is 10.1. The Labute approximate surface area is 95.1 Å². The van der Waals surface area contributed by atoms with Crippen LogP contribution in [0.25, 0.3) is 0 Å². The van der Waals surface area contributed by atoms with Gasteiger partial charge in [-0.2, -0.15) is 13.2 Å². The Balaban J connectivity index is 2.48. The molecule has 0 radical (unpaired) electrons. The van der Waals surface area contributed by atoms with Crippen LogP contribution in [-0.2, 0) is 19.6 Å². The van der Waals surface area contributed by atoms with Gasteiger partial charge in [-0.3, -0.25) is 4.79 Å². The summed E-state index contributed by atoms with van der Waals surface area (Å²) in [6.07, 6.45) is -2.98. The molecule has 0 unspecified atom stereocenters. The molecule has 1 aromatic rings. The van der Waals surface area contributed by atoms with Crippen LogP contribution in [0.3, 0.4) is 0 Å². The quantitative estimate of drug-likeness (QED) is 0.806. The lowest BCUT2D eigenvalue weighted by molar-refractivity contribution is -0.0888. The van der Waals surface area contributed by atoms with Gasteiger partial charge in [0.1, 0.15) is 18.1 Å². The van der Waals surface area contributed by atoms with Crippen LogP contribution >= 0.6 is 0 Å². The smallest absolute Gasteiger partial charge is 0.388 e. The minimum atomic E-state index is -4.92. The largest absolute Gasteiger partial charge is 0.456 e. The van der Waals surface area contributed by atoms with Crippen LogP contribution in [-0.4, -0.2) is 26.6 Å². The molecule has 7 heteroatoms. The van der Waals surface area contributed by atoms with Gasteiger partial charge in [-0.1, -0.05) is 0 Å². The van der Waals surface area contributed by atoms with E-state index in [0.717, 1.165) is 12.8 Å². The summed E-state index contributed by atoms with van der Waals surface area (Å²) in [6.45, 7) is 0.0432. The van der Waals surface area contributed by atoms with Crippen molar-refractivity contribution < 1.29 is 23.1 Å². The third kappa shape index (κ3) is 2.06. The van der Waals surface area contributed by atoms with Gasteiger partial charge in [0.2, 0.25) is 0 Å². The number of hydrogen-bond donors (Lipinski definition) is 1. The van der Waals surface area contributed by atoms with E-state index in [1.54, 1.807) is 0 Å². The van der Waals surface area contributed by atoms with Gasteiger partial charge in [0.15, 0.2) is 0 Å². The van der Waals surface area contributed by atoms with Gasteiger partial charge in [-0.25, -0.2) is 4.98 Å². The normalized spacial score (nSPS) is 15.8. The van der Waals surface area contributed by atoms with Crippen LogP contribution in [0.4, 0.5) is 13.2 Å². The summed E-state index contributed by atoms with van der Waals surface area (Å²) < 4.78 is 38.6. The van der Waals surface area contributed by atoms with Crippen molar-refractivity contribution in [3.63, 3.8) is 0 Å². The number of aliphatic hydroxyl groups excluding tert-OH is 1. The molecule has 0 atom stereocenters. The van der Waals surface area contributed by atoms with E-state index in [4.69, 9.17) is 5.11 Å². The Hall–Kier alpha value is -1.37. The van der Waals surface area contributed by atoms with Crippen molar-refractivity contribution >= 4 is 5.78 Å². The second-order valence-corrected chi connectivity index (χ2v) is 3.92. The van der Waals surface area contributed by atoms with Gasteiger partial charge >= 0.3 is 6.18 Å². The number of Topliss-reactive ketones (excluding diaryl/α,β-unsaturated/α-hetero) is 1. The maximum Gasteiger partial charge on any atom is 0.456 e. The third-order valence-electron chi connectivity index (χ3n) is 2.81. The molecular weight excluding hydrogens is 237 g/mol. The fraction of sp³-hybridized carbons (Fsp3) is 0.600. The Morgan fingerprint density at radius 1 is 1.41 bits per heavy atom. The molecule has 0 amide bonds. The van der Waals surface area contributed by atoms with E-state index in [1.807, 2.05) is 0 Å². The highest BCUT2D eigenvalue weighted by atomic mass is 19.4. The Bertz CT molecular complexity index is 451. The van der Waals surface area contributed by atoms with E-state index >= 15 is 0 Å². The average molecular weight is 248 g/mol. The van der Waals surface area contributed by atoms with Gasteiger partial charge in [0.25, 0.3) is 5.78 Å². The van der Waals surface area contributed by atoms with Crippen molar-refractivity contribution in [3.8, 4) is 0 Å². The van der Waals surface area contributed by atoms with Crippen molar-refractivity contribution in [2.24, 2.45) is 0 Å². The number of imidazole rings is 1. The first-order valence-corrected chi connectivity index (χ1v) is 5.26. The highest BCUT2D eigenvalue weighted by Crippen LogP contribution is 2.27. The van der Waals surface area contributed by atoms with Gasteiger partial charge in [0, 0.05) is 12.2 Å². The zero-order chi connectivity index (χ0) is 12.6. The molecule has 1 aliphatic rings. The molecule has 2 heterocycles. The molecular formula is C10H11F3N2O2. The van der Waals surface area contributed by atoms with Gasteiger partial charge in [-0.05, 0) is 19.3 Å². The number of carbonyl (C=O) groups is 1. The number of alkyl halides is 3. The molecule has 0 saturated heterocycles. The number of fused-ring (bicyclic) bond motifs is 1. The standard InChI is InChI=1S/C10H11F3N2O2/c11-10(12,13)9(17)8-6-3-1-2-4-15(6)7(5-16)14-8/h16H,1-5H2. The summed E-state index contributed by atoms with van der Waals surface area (Å²) in [5.74, 6) is -1.80. The number of rotatable bonds is 2. The van der Waals surface area contributed by atoms with E-state index in [2.05, 4.69) is 4.98 Å².